The van der Waals surface area contributed by atoms with Crippen molar-refractivity contribution >= 4 is 62.5 Å². The molecular weight excluding hydrogens is 506 g/mol. The van der Waals surface area contributed by atoms with Gasteiger partial charge in [0, 0.05) is 22.8 Å². The zero-order valence-electron chi connectivity index (χ0n) is 18.5. The molecule has 9 nitrogen and oxygen atoms in total. The molecule has 0 aliphatic carbocycles. The average molecular weight is 536 g/mol. The number of hydrogen-bond donors (Lipinski definition) is 4. The largest absolute Gasteiger partial charge is 0.332 e. The van der Waals surface area contributed by atoms with Crippen LogP contribution in [-0.4, -0.2) is 51.2 Å². The van der Waals surface area contributed by atoms with E-state index in [1.807, 2.05) is 25.6 Å². The number of unbranched alkanes of at least 4 members (excludes halogenated alkanes) is 1. The van der Waals surface area contributed by atoms with Crippen LogP contribution in [0.5, 0.6) is 0 Å². The number of hydrogen-bond acceptors (Lipinski definition) is 7. The first-order valence-electron chi connectivity index (χ1n) is 10.9. The molecule has 4 amide bonds. The number of thioether (sulfide) groups is 1. The Labute approximate surface area is 207 Å². The van der Waals surface area contributed by atoms with Crippen molar-refractivity contribution in [1.82, 2.24) is 15.4 Å². The number of nitrogens with zero attached hydrogens (tertiary/aromatic N) is 1. The SMILES string of the molecule is CC(C)C[C@H](N)C(=O)N=S(=O)(NC(=O)CCCC[C@@H]1SC[C@@H]2NC(=O)N[C@@H]21)c1cc(Cl)cs1. The molecule has 13 heteroatoms. The standard InChI is InChI=1S/C20H30ClN5O4S3/c1-11(2)7-13(22)19(28)26-33(30,17-8-12(21)9-32-17)25-16(27)6-4-3-5-15-18-14(10-31-15)23-20(29)24-18/h8-9,11,13-15,18H,3-7,10,22H2,1-2H3,(H2,23,24,29)(H,25,26,27,28,30)/t13-,14-,15-,18-,33?/m0/s1. The Balaban J connectivity index is 1.57. The molecule has 0 radical (unpaired) electrons. The number of rotatable bonds is 10. The summed E-state index contributed by atoms with van der Waals surface area (Å²) in [6.45, 7) is 3.85. The maximum absolute atomic E-state index is 13.5. The van der Waals surface area contributed by atoms with E-state index in [0.717, 1.165) is 29.9 Å². The minimum absolute atomic E-state index is 0.121. The van der Waals surface area contributed by atoms with Crippen LogP contribution in [0.15, 0.2) is 20.0 Å². The first-order chi connectivity index (χ1) is 15.6. The van der Waals surface area contributed by atoms with E-state index in [9.17, 15) is 18.6 Å². The van der Waals surface area contributed by atoms with E-state index in [1.165, 1.54) is 6.07 Å². The van der Waals surface area contributed by atoms with Gasteiger partial charge in [0.25, 0.3) is 5.91 Å². The summed E-state index contributed by atoms with van der Waals surface area (Å²) in [7, 11) is -3.53. The fourth-order valence-corrected chi connectivity index (χ4v) is 8.47. The van der Waals surface area contributed by atoms with Crippen LogP contribution in [-0.2, 0) is 19.5 Å². The molecule has 5 atom stereocenters. The van der Waals surface area contributed by atoms with Crippen molar-refractivity contribution in [3.05, 3.63) is 16.5 Å². The molecule has 1 unspecified atom stereocenters. The van der Waals surface area contributed by atoms with Gasteiger partial charge in [-0.15, -0.1) is 15.7 Å². The molecule has 2 fully saturated rings. The van der Waals surface area contributed by atoms with Gasteiger partial charge in [0.2, 0.25) is 5.91 Å². The minimum atomic E-state index is -3.53. The Morgan fingerprint density at radius 1 is 1.36 bits per heavy atom. The number of carbonyl (C=O) groups excluding carboxylic acids is 3. The van der Waals surface area contributed by atoms with Crippen molar-refractivity contribution in [3.63, 3.8) is 0 Å². The molecule has 0 saturated carbocycles. The highest BCUT2D eigenvalue weighted by Gasteiger charge is 2.42. The third kappa shape index (κ3) is 7.08. The van der Waals surface area contributed by atoms with Crippen molar-refractivity contribution in [1.29, 1.82) is 0 Å². The summed E-state index contributed by atoms with van der Waals surface area (Å²) in [6, 6.07) is 0.718. The Hall–Kier alpha value is -1.34. The maximum Gasteiger partial charge on any atom is 0.315 e. The summed E-state index contributed by atoms with van der Waals surface area (Å²) in [5.41, 5.74) is 5.91. The smallest absolute Gasteiger partial charge is 0.315 e. The zero-order chi connectivity index (χ0) is 24.2. The summed E-state index contributed by atoms with van der Waals surface area (Å²) < 4.78 is 20.1. The number of carbonyl (C=O) groups is 3. The third-order valence-corrected chi connectivity index (χ3v) is 10.6. The molecule has 2 aliphatic heterocycles. The van der Waals surface area contributed by atoms with Crippen molar-refractivity contribution in [2.75, 3.05) is 5.75 Å². The first-order valence-corrected chi connectivity index (χ1v) is 14.7. The van der Waals surface area contributed by atoms with Crippen LogP contribution in [0.1, 0.15) is 46.0 Å². The molecule has 2 aliphatic rings. The highest BCUT2D eigenvalue weighted by Crippen LogP contribution is 2.33. The Kier molecular flexibility index (Phi) is 9.07. The van der Waals surface area contributed by atoms with Gasteiger partial charge in [-0.3, -0.25) is 14.3 Å². The van der Waals surface area contributed by atoms with E-state index in [4.69, 9.17) is 17.3 Å². The molecule has 2 saturated heterocycles. The van der Waals surface area contributed by atoms with Crippen LogP contribution in [0, 0.1) is 5.92 Å². The van der Waals surface area contributed by atoms with Gasteiger partial charge in [-0.2, -0.15) is 11.8 Å². The van der Waals surface area contributed by atoms with Crippen LogP contribution < -0.4 is 21.1 Å². The quantitative estimate of drug-likeness (QED) is 0.268. The second-order valence-corrected chi connectivity index (χ2v) is 13.4. The van der Waals surface area contributed by atoms with Gasteiger partial charge in [0.1, 0.15) is 4.21 Å². The van der Waals surface area contributed by atoms with E-state index in [0.29, 0.717) is 23.1 Å². The number of nitrogens with one attached hydrogen (secondary N) is 3. The number of urea groups is 1. The van der Waals surface area contributed by atoms with Crippen LogP contribution >= 0.6 is 34.7 Å². The second kappa shape index (κ2) is 11.4. The Morgan fingerprint density at radius 3 is 2.79 bits per heavy atom. The van der Waals surface area contributed by atoms with Gasteiger partial charge in [-0.1, -0.05) is 31.9 Å². The van der Waals surface area contributed by atoms with Gasteiger partial charge >= 0.3 is 6.03 Å². The lowest BCUT2D eigenvalue weighted by Crippen LogP contribution is -2.36. The third-order valence-electron chi connectivity index (χ3n) is 5.41. The number of halogens is 1. The number of fused-ring (bicyclic) bond motifs is 1. The zero-order valence-corrected chi connectivity index (χ0v) is 21.7. The van der Waals surface area contributed by atoms with Gasteiger partial charge in [0.15, 0.2) is 9.92 Å². The Bertz CT molecular complexity index is 1010. The molecule has 1 aromatic rings. The second-order valence-electron chi connectivity index (χ2n) is 8.67. The number of nitrogens with two attached hydrogens (primary N) is 1. The lowest BCUT2D eigenvalue weighted by Gasteiger charge is -2.16. The van der Waals surface area contributed by atoms with E-state index >= 15 is 0 Å². The molecule has 33 heavy (non-hydrogen) atoms. The van der Waals surface area contributed by atoms with Gasteiger partial charge in [-0.05, 0) is 31.2 Å². The predicted octanol–water partition coefficient (Wildman–Crippen LogP) is 2.89. The first kappa shape index (κ1) is 26.3. The van der Waals surface area contributed by atoms with E-state index in [2.05, 4.69) is 19.7 Å². The van der Waals surface area contributed by atoms with Crippen molar-refractivity contribution in [2.45, 2.75) is 73.5 Å². The molecule has 3 heterocycles. The fraction of sp³-hybridized carbons (Fsp3) is 0.650. The van der Waals surface area contributed by atoms with E-state index in [1.54, 1.807) is 5.38 Å². The van der Waals surface area contributed by atoms with Crippen LogP contribution in [0.2, 0.25) is 5.02 Å². The van der Waals surface area contributed by atoms with Crippen LogP contribution in [0.3, 0.4) is 0 Å². The lowest BCUT2D eigenvalue weighted by molar-refractivity contribution is -0.119. The molecule has 0 aromatic carbocycles. The lowest BCUT2D eigenvalue weighted by atomic mass is 10.0. The number of thiophene rings is 1. The van der Waals surface area contributed by atoms with Gasteiger partial charge < -0.3 is 16.4 Å². The molecule has 0 spiro atoms. The van der Waals surface area contributed by atoms with Gasteiger partial charge in [0.05, 0.1) is 23.1 Å². The monoisotopic (exact) mass is 535 g/mol. The van der Waals surface area contributed by atoms with Crippen LogP contribution in [0.25, 0.3) is 0 Å². The summed E-state index contributed by atoms with van der Waals surface area (Å²) in [5.74, 6) is -0.110. The summed E-state index contributed by atoms with van der Waals surface area (Å²) in [4.78, 5) is 36.6. The normalized spacial score (nSPS) is 24.5. The molecule has 3 rings (SSSR count). The van der Waals surface area contributed by atoms with Gasteiger partial charge in [-0.25, -0.2) is 9.00 Å². The Morgan fingerprint density at radius 2 is 2.12 bits per heavy atom. The molecule has 5 N–H and O–H groups in total. The number of amides is 4. The summed E-state index contributed by atoms with van der Waals surface area (Å²) in [6.07, 6.45) is 2.78. The summed E-state index contributed by atoms with van der Waals surface area (Å²) >= 11 is 8.86. The topological polar surface area (TPSA) is 143 Å². The molecular formula is C20H30ClN5O4S3. The van der Waals surface area contributed by atoms with E-state index < -0.39 is 27.8 Å². The highest BCUT2D eigenvalue weighted by molar-refractivity contribution is 8.00. The highest BCUT2D eigenvalue weighted by atomic mass is 35.5. The maximum atomic E-state index is 13.5. The molecule has 184 valence electrons. The summed E-state index contributed by atoms with van der Waals surface area (Å²) in [5, 5.41) is 8.10. The van der Waals surface area contributed by atoms with Crippen LogP contribution in [0.4, 0.5) is 4.79 Å². The molecule has 0 bridgehead atoms. The van der Waals surface area contributed by atoms with Crippen molar-refractivity contribution < 1.29 is 18.6 Å². The van der Waals surface area contributed by atoms with Crippen molar-refractivity contribution in [2.24, 2.45) is 16.0 Å². The minimum Gasteiger partial charge on any atom is -0.332 e. The molecule has 1 aromatic heterocycles. The fourth-order valence-electron chi connectivity index (χ4n) is 3.84. The van der Waals surface area contributed by atoms with E-state index in [-0.39, 0.29) is 34.7 Å². The predicted molar refractivity (Wildman–Crippen MR) is 133 cm³/mol. The average Bonchev–Trinajstić information content (AvgIpc) is 3.41. The van der Waals surface area contributed by atoms with Crippen molar-refractivity contribution in [3.8, 4) is 0 Å².